The first-order valence-corrected chi connectivity index (χ1v) is 10.5. The Morgan fingerprint density at radius 3 is 2.59 bits per heavy atom. The number of benzene rings is 3. The highest BCUT2D eigenvalue weighted by atomic mass is 35.5. The van der Waals surface area contributed by atoms with E-state index in [4.69, 9.17) is 27.9 Å². The van der Waals surface area contributed by atoms with Gasteiger partial charge in [-0.3, -0.25) is 9.48 Å². The van der Waals surface area contributed by atoms with Gasteiger partial charge in [-0.2, -0.15) is 5.10 Å². The second kappa shape index (κ2) is 9.85. The van der Waals surface area contributed by atoms with Crippen molar-refractivity contribution in [3.63, 3.8) is 0 Å². The van der Waals surface area contributed by atoms with Crippen LogP contribution in [0.3, 0.4) is 0 Å². The number of ether oxygens (including phenoxy) is 1. The molecule has 5 nitrogen and oxygen atoms in total. The summed E-state index contributed by atoms with van der Waals surface area (Å²) >= 11 is 12.0. The standard InChI is InChI=1S/C24H18Cl2FN3O2/c25-19-8-9-23(22(26)11-19)32-15-16-4-6-18(7-5-16)24(31)29-21-12-28-30(14-21)13-17-2-1-3-20(27)10-17/h1-12,14H,13,15H2,(H,29,31). The molecule has 4 rings (SSSR count). The molecule has 0 bridgehead atoms. The zero-order valence-corrected chi connectivity index (χ0v) is 18.3. The van der Waals surface area contributed by atoms with Crippen LogP contribution in [0, 0.1) is 5.82 Å². The van der Waals surface area contributed by atoms with Gasteiger partial charge in [0.2, 0.25) is 0 Å². The first-order valence-electron chi connectivity index (χ1n) is 9.71. The van der Waals surface area contributed by atoms with E-state index < -0.39 is 0 Å². The average molecular weight is 470 g/mol. The number of anilines is 1. The molecule has 1 amide bonds. The third-order valence-corrected chi connectivity index (χ3v) is 5.16. The van der Waals surface area contributed by atoms with Crippen LogP contribution in [0.1, 0.15) is 21.5 Å². The van der Waals surface area contributed by atoms with Crippen molar-refractivity contribution in [1.29, 1.82) is 0 Å². The van der Waals surface area contributed by atoms with Crippen molar-refractivity contribution in [3.05, 3.63) is 112 Å². The number of amides is 1. The number of nitrogens with one attached hydrogen (secondary N) is 1. The fraction of sp³-hybridized carbons (Fsp3) is 0.0833. The zero-order chi connectivity index (χ0) is 22.5. The van der Waals surface area contributed by atoms with Crippen LogP contribution in [-0.4, -0.2) is 15.7 Å². The molecule has 0 aliphatic carbocycles. The second-order valence-corrected chi connectivity index (χ2v) is 7.91. The summed E-state index contributed by atoms with van der Waals surface area (Å²) < 4.78 is 20.7. The average Bonchev–Trinajstić information content (AvgIpc) is 3.20. The highest BCUT2D eigenvalue weighted by Gasteiger charge is 2.09. The lowest BCUT2D eigenvalue weighted by Gasteiger charge is -2.09. The van der Waals surface area contributed by atoms with Gasteiger partial charge in [0.25, 0.3) is 5.91 Å². The normalized spacial score (nSPS) is 10.7. The Kier molecular flexibility index (Phi) is 6.73. The summed E-state index contributed by atoms with van der Waals surface area (Å²) in [6.07, 6.45) is 3.25. The molecule has 1 N–H and O–H groups in total. The minimum Gasteiger partial charge on any atom is -0.487 e. The smallest absolute Gasteiger partial charge is 0.255 e. The van der Waals surface area contributed by atoms with Crippen molar-refractivity contribution >= 4 is 34.8 Å². The second-order valence-electron chi connectivity index (χ2n) is 7.07. The number of hydrogen-bond acceptors (Lipinski definition) is 3. The van der Waals surface area contributed by atoms with Crippen LogP contribution in [0.2, 0.25) is 10.0 Å². The molecule has 0 radical (unpaired) electrons. The number of carbonyl (C=O) groups is 1. The lowest BCUT2D eigenvalue weighted by Crippen LogP contribution is -2.11. The van der Waals surface area contributed by atoms with Crippen LogP contribution in [0.4, 0.5) is 10.1 Å². The van der Waals surface area contributed by atoms with Crippen LogP contribution in [0.5, 0.6) is 5.75 Å². The van der Waals surface area contributed by atoms with Crippen molar-refractivity contribution in [2.45, 2.75) is 13.2 Å². The van der Waals surface area contributed by atoms with E-state index in [1.807, 2.05) is 18.2 Å². The van der Waals surface area contributed by atoms with Crippen molar-refractivity contribution in [2.75, 3.05) is 5.32 Å². The fourth-order valence-electron chi connectivity index (χ4n) is 3.05. The summed E-state index contributed by atoms with van der Waals surface area (Å²) in [7, 11) is 0. The minimum atomic E-state index is -0.298. The van der Waals surface area contributed by atoms with Gasteiger partial charge in [0, 0.05) is 16.8 Å². The summed E-state index contributed by atoms with van der Waals surface area (Å²) in [6.45, 7) is 0.704. The molecule has 3 aromatic carbocycles. The molecule has 0 atom stereocenters. The van der Waals surface area contributed by atoms with Gasteiger partial charge in [-0.25, -0.2) is 4.39 Å². The molecule has 1 aromatic heterocycles. The Labute approximate surface area is 194 Å². The minimum absolute atomic E-state index is 0.261. The predicted octanol–water partition coefficient (Wildman–Crippen LogP) is 6.21. The molecule has 0 fully saturated rings. The van der Waals surface area contributed by atoms with Crippen LogP contribution >= 0.6 is 23.2 Å². The van der Waals surface area contributed by atoms with E-state index in [2.05, 4.69) is 10.4 Å². The van der Waals surface area contributed by atoms with Gasteiger partial charge in [-0.05, 0) is 53.6 Å². The van der Waals surface area contributed by atoms with E-state index >= 15 is 0 Å². The zero-order valence-electron chi connectivity index (χ0n) is 16.8. The van der Waals surface area contributed by atoms with Crippen LogP contribution in [-0.2, 0) is 13.2 Å². The van der Waals surface area contributed by atoms with Crippen LogP contribution in [0.15, 0.2) is 79.1 Å². The Balaban J connectivity index is 1.33. The molecule has 162 valence electrons. The maximum absolute atomic E-state index is 13.3. The van der Waals surface area contributed by atoms with Crippen LogP contribution < -0.4 is 10.1 Å². The van der Waals surface area contributed by atoms with Crippen molar-refractivity contribution < 1.29 is 13.9 Å². The topological polar surface area (TPSA) is 56.2 Å². The number of halogens is 3. The predicted molar refractivity (Wildman–Crippen MR) is 123 cm³/mol. The lowest BCUT2D eigenvalue weighted by atomic mass is 10.1. The molecule has 4 aromatic rings. The number of rotatable bonds is 7. The number of hydrogen-bond donors (Lipinski definition) is 1. The first-order chi connectivity index (χ1) is 15.5. The Morgan fingerprint density at radius 1 is 1.03 bits per heavy atom. The quantitative estimate of drug-likeness (QED) is 0.350. The van der Waals surface area contributed by atoms with Gasteiger partial charge >= 0.3 is 0 Å². The summed E-state index contributed by atoms with van der Waals surface area (Å²) in [5.41, 5.74) is 2.71. The Morgan fingerprint density at radius 2 is 1.84 bits per heavy atom. The van der Waals surface area contributed by atoms with E-state index in [9.17, 15) is 9.18 Å². The molecular formula is C24H18Cl2FN3O2. The Bertz CT molecular complexity index is 1240. The molecule has 0 saturated carbocycles. The van der Waals surface area contributed by atoms with E-state index in [-0.39, 0.29) is 11.7 Å². The molecule has 32 heavy (non-hydrogen) atoms. The molecule has 0 unspecified atom stereocenters. The summed E-state index contributed by atoms with van der Waals surface area (Å²) in [4.78, 5) is 12.5. The maximum atomic E-state index is 13.3. The third-order valence-electron chi connectivity index (χ3n) is 4.63. The van der Waals surface area contributed by atoms with Crippen molar-refractivity contribution in [3.8, 4) is 5.75 Å². The maximum Gasteiger partial charge on any atom is 0.255 e. The van der Waals surface area contributed by atoms with Crippen molar-refractivity contribution in [2.24, 2.45) is 0 Å². The molecule has 0 saturated heterocycles. The highest BCUT2D eigenvalue weighted by Crippen LogP contribution is 2.28. The van der Waals surface area contributed by atoms with Gasteiger partial charge in [-0.15, -0.1) is 0 Å². The number of nitrogens with zero attached hydrogens (tertiary/aromatic N) is 2. The molecular weight excluding hydrogens is 452 g/mol. The molecule has 8 heteroatoms. The summed E-state index contributed by atoms with van der Waals surface area (Å²) in [5.74, 6) is -0.0232. The molecule has 0 aliphatic heterocycles. The van der Waals surface area contributed by atoms with Gasteiger partial charge in [0.1, 0.15) is 18.2 Å². The Hall–Kier alpha value is -3.35. The van der Waals surface area contributed by atoms with Gasteiger partial charge in [0.15, 0.2) is 0 Å². The van der Waals surface area contributed by atoms with Gasteiger partial charge in [-0.1, -0.05) is 47.5 Å². The monoisotopic (exact) mass is 469 g/mol. The van der Waals surface area contributed by atoms with Gasteiger partial charge < -0.3 is 10.1 Å². The SMILES string of the molecule is O=C(Nc1cnn(Cc2cccc(F)c2)c1)c1ccc(COc2ccc(Cl)cc2Cl)cc1. The van der Waals surface area contributed by atoms with E-state index in [1.165, 1.54) is 12.1 Å². The summed E-state index contributed by atoms with van der Waals surface area (Å²) in [5, 5.41) is 8.00. The largest absolute Gasteiger partial charge is 0.487 e. The molecule has 0 spiro atoms. The van der Waals surface area contributed by atoms with Crippen molar-refractivity contribution in [1.82, 2.24) is 9.78 Å². The summed E-state index contributed by atoms with van der Waals surface area (Å²) in [6, 6.07) is 18.4. The van der Waals surface area contributed by atoms with E-state index in [0.29, 0.717) is 40.2 Å². The number of carbonyl (C=O) groups excluding carboxylic acids is 1. The third kappa shape index (κ3) is 5.66. The first kappa shape index (κ1) is 21.9. The van der Waals surface area contributed by atoms with Gasteiger partial charge in [0.05, 0.1) is 23.5 Å². The fourth-order valence-corrected chi connectivity index (χ4v) is 3.51. The molecule has 0 aliphatic rings. The van der Waals surface area contributed by atoms with Crippen LogP contribution in [0.25, 0.3) is 0 Å². The van der Waals surface area contributed by atoms with E-state index in [0.717, 1.165) is 11.1 Å². The number of aromatic nitrogens is 2. The lowest BCUT2D eigenvalue weighted by molar-refractivity contribution is 0.102. The van der Waals surface area contributed by atoms with E-state index in [1.54, 1.807) is 53.5 Å². The molecule has 1 heterocycles. The highest BCUT2D eigenvalue weighted by molar-refractivity contribution is 6.35.